The van der Waals surface area contributed by atoms with E-state index in [1.54, 1.807) is 14.2 Å². The second kappa shape index (κ2) is 8.02. The molecule has 0 saturated carbocycles. The molecule has 2 heteroatoms. The van der Waals surface area contributed by atoms with Crippen LogP contribution in [-0.2, 0) is 9.47 Å². The molecule has 68 valence electrons. The smallest absolute Gasteiger partial charge is 0.0575 e. The maximum atomic E-state index is 5.39. The summed E-state index contributed by atoms with van der Waals surface area (Å²) in [5, 5.41) is 0. The van der Waals surface area contributed by atoms with Crippen molar-refractivity contribution in [3.05, 3.63) is 0 Å². The van der Waals surface area contributed by atoms with E-state index in [-0.39, 0.29) is 0 Å². The molecule has 2 nitrogen and oxygen atoms in total. The minimum absolute atomic E-state index is 0.611. The maximum absolute atomic E-state index is 5.39. The summed E-state index contributed by atoms with van der Waals surface area (Å²) in [6, 6.07) is 0. The Morgan fingerprint density at radius 3 is 2.45 bits per heavy atom. The zero-order chi connectivity index (χ0) is 8.53. The molecular weight excluding hydrogens is 140 g/mol. The molecule has 0 N–H and O–H groups in total. The van der Waals surface area contributed by atoms with Crippen LogP contribution in [0.5, 0.6) is 0 Å². The van der Waals surface area contributed by atoms with Crippen LogP contribution in [0.25, 0.3) is 0 Å². The Balaban J connectivity index is 0.000000292. The first-order valence-electron chi connectivity index (χ1n) is 4.36. The normalized spacial score (nSPS) is 22.6. The molecule has 0 aliphatic carbocycles. The molecular formula is C9H20O2. The first kappa shape index (κ1) is 10.9. The highest BCUT2D eigenvalue weighted by Gasteiger charge is 2.12. The molecule has 1 rings (SSSR count). The van der Waals surface area contributed by atoms with Crippen LogP contribution < -0.4 is 0 Å². The van der Waals surface area contributed by atoms with Gasteiger partial charge in [0.1, 0.15) is 0 Å². The molecule has 0 bridgehead atoms. The first-order valence-corrected chi connectivity index (χ1v) is 4.36. The van der Waals surface area contributed by atoms with Gasteiger partial charge in [-0.25, -0.2) is 0 Å². The van der Waals surface area contributed by atoms with Crippen molar-refractivity contribution < 1.29 is 9.47 Å². The van der Waals surface area contributed by atoms with Gasteiger partial charge in [-0.2, -0.15) is 0 Å². The van der Waals surface area contributed by atoms with E-state index in [0.29, 0.717) is 6.10 Å². The predicted molar refractivity (Wildman–Crippen MR) is 46.8 cm³/mol. The Labute approximate surface area is 69.9 Å². The lowest BCUT2D eigenvalue weighted by atomic mass is 10.1. The van der Waals surface area contributed by atoms with Crippen LogP contribution in [0.1, 0.15) is 32.6 Å². The van der Waals surface area contributed by atoms with Crippen LogP contribution in [0.3, 0.4) is 0 Å². The summed E-state index contributed by atoms with van der Waals surface area (Å²) in [7, 11) is 3.25. The fourth-order valence-corrected chi connectivity index (χ4v) is 1.19. The van der Waals surface area contributed by atoms with Gasteiger partial charge in [0.15, 0.2) is 0 Å². The largest absolute Gasteiger partial charge is 0.388 e. The van der Waals surface area contributed by atoms with Crippen molar-refractivity contribution in [3.8, 4) is 0 Å². The van der Waals surface area contributed by atoms with Gasteiger partial charge in [0.25, 0.3) is 0 Å². The van der Waals surface area contributed by atoms with Crippen molar-refractivity contribution in [2.24, 2.45) is 0 Å². The zero-order valence-corrected chi connectivity index (χ0v) is 7.93. The van der Waals surface area contributed by atoms with E-state index in [1.165, 1.54) is 25.7 Å². The Morgan fingerprint density at radius 2 is 2.09 bits per heavy atom. The Kier molecular flexibility index (Phi) is 7.96. The van der Waals surface area contributed by atoms with Gasteiger partial charge < -0.3 is 9.47 Å². The molecule has 0 amide bonds. The van der Waals surface area contributed by atoms with Crippen molar-refractivity contribution in [1.29, 1.82) is 0 Å². The fourth-order valence-electron chi connectivity index (χ4n) is 1.19. The molecule has 1 atom stereocenters. The minimum atomic E-state index is 0.611. The summed E-state index contributed by atoms with van der Waals surface area (Å²) < 4.78 is 9.64. The van der Waals surface area contributed by atoms with Gasteiger partial charge >= 0.3 is 0 Å². The van der Waals surface area contributed by atoms with Crippen molar-refractivity contribution >= 4 is 0 Å². The summed E-state index contributed by atoms with van der Waals surface area (Å²) in [6.45, 7) is 3.21. The van der Waals surface area contributed by atoms with Crippen LogP contribution in [-0.4, -0.2) is 26.9 Å². The summed E-state index contributed by atoms with van der Waals surface area (Å²) in [4.78, 5) is 0. The maximum Gasteiger partial charge on any atom is 0.0575 e. The summed E-state index contributed by atoms with van der Waals surface area (Å²) in [5.74, 6) is 0. The summed E-state index contributed by atoms with van der Waals surface area (Å²) in [6.07, 6.45) is 5.73. The topological polar surface area (TPSA) is 18.5 Å². The molecule has 1 heterocycles. The number of ether oxygens (including phenoxy) is 2. The fraction of sp³-hybridized carbons (Fsp3) is 1.00. The van der Waals surface area contributed by atoms with E-state index in [1.807, 2.05) is 0 Å². The average molecular weight is 160 g/mol. The second-order valence-corrected chi connectivity index (χ2v) is 2.83. The van der Waals surface area contributed by atoms with E-state index in [0.717, 1.165) is 6.61 Å². The van der Waals surface area contributed by atoms with Crippen LogP contribution >= 0.6 is 0 Å². The van der Waals surface area contributed by atoms with Crippen LogP contribution in [0.4, 0.5) is 0 Å². The van der Waals surface area contributed by atoms with E-state index < -0.39 is 0 Å². The highest BCUT2D eigenvalue weighted by Crippen LogP contribution is 2.15. The van der Waals surface area contributed by atoms with Crippen LogP contribution in [0.15, 0.2) is 0 Å². The van der Waals surface area contributed by atoms with Crippen molar-refractivity contribution in [2.45, 2.75) is 38.7 Å². The molecule has 1 aliphatic rings. The average Bonchev–Trinajstić information content (AvgIpc) is 2.42. The molecule has 0 spiro atoms. The molecule has 0 aromatic carbocycles. The summed E-state index contributed by atoms with van der Waals surface area (Å²) >= 11 is 0. The van der Waals surface area contributed by atoms with Crippen molar-refractivity contribution in [1.82, 2.24) is 0 Å². The highest BCUT2D eigenvalue weighted by molar-refractivity contribution is 4.62. The van der Waals surface area contributed by atoms with Crippen molar-refractivity contribution in [2.75, 3.05) is 20.8 Å². The first-order chi connectivity index (χ1) is 5.35. The molecule has 0 radical (unpaired) electrons. The molecule has 1 saturated heterocycles. The van der Waals surface area contributed by atoms with Crippen LogP contribution in [0.2, 0.25) is 0 Å². The lowest BCUT2D eigenvalue weighted by molar-refractivity contribution is 0.103. The van der Waals surface area contributed by atoms with Gasteiger partial charge in [0.2, 0.25) is 0 Å². The molecule has 0 aromatic heterocycles. The minimum Gasteiger partial charge on any atom is -0.388 e. The van der Waals surface area contributed by atoms with E-state index >= 15 is 0 Å². The van der Waals surface area contributed by atoms with Gasteiger partial charge in [0, 0.05) is 20.8 Å². The molecule has 1 fully saturated rings. The number of hydrogen-bond acceptors (Lipinski definition) is 2. The van der Waals surface area contributed by atoms with E-state index in [4.69, 9.17) is 4.74 Å². The second-order valence-electron chi connectivity index (χ2n) is 2.83. The lowest BCUT2D eigenvalue weighted by Crippen LogP contribution is -2.02. The molecule has 1 aliphatic heterocycles. The summed E-state index contributed by atoms with van der Waals surface area (Å²) in [5.41, 5.74) is 0. The highest BCUT2D eigenvalue weighted by atomic mass is 16.5. The third-order valence-electron chi connectivity index (χ3n) is 1.63. The third kappa shape index (κ3) is 6.32. The quantitative estimate of drug-likeness (QED) is 0.616. The standard InChI is InChI=1S/C7H14O.C2H6O/c1-2-4-7-5-3-6-8-7;1-3-2/h7H,2-6H2,1H3;1-2H3. The molecule has 1 unspecified atom stereocenters. The Morgan fingerprint density at radius 1 is 1.45 bits per heavy atom. The predicted octanol–water partition coefficient (Wildman–Crippen LogP) is 2.23. The number of methoxy groups -OCH3 is 1. The van der Waals surface area contributed by atoms with E-state index in [2.05, 4.69) is 11.7 Å². The van der Waals surface area contributed by atoms with Crippen molar-refractivity contribution in [3.63, 3.8) is 0 Å². The zero-order valence-electron chi connectivity index (χ0n) is 7.93. The Hall–Kier alpha value is -0.0800. The van der Waals surface area contributed by atoms with Crippen LogP contribution in [0, 0.1) is 0 Å². The van der Waals surface area contributed by atoms with Gasteiger partial charge in [-0.05, 0) is 19.3 Å². The third-order valence-corrected chi connectivity index (χ3v) is 1.63. The van der Waals surface area contributed by atoms with Gasteiger partial charge in [-0.3, -0.25) is 0 Å². The van der Waals surface area contributed by atoms with Gasteiger partial charge in [0.05, 0.1) is 6.10 Å². The number of hydrogen-bond donors (Lipinski definition) is 0. The number of rotatable bonds is 2. The lowest BCUT2D eigenvalue weighted by Gasteiger charge is -2.04. The Bertz CT molecular complexity index is 68.0. The molecule has 11 heavy (non-hydrogen) atoms. The SMILES string of the molecule is CCCC1CCCO1.COC. The monoisotopic (exact) mass is 160 g/mol. The molecule has 0 aromatic rings. The van der Waals surface area contributed by atoms with Gasteiger partial charge in [-0.15, -0.1) is 0 Å². The van der Waals surface area contributed by atoms with Gasteiger partial charge in [-0.1, -0.05) is 13.3 Å². The van der Waals surface area contributed by atoms with E-state index in [9.17, 15) is 0 Å².